The molecule has 0 aromatic heterocycles. The number of aliphatic hydroxyl groups is 1. The summed E-state index contributed by atoms with van der Waals surface area (Å²) >= 11 is 0. The summed E-state index contributed by atoms with van der Waals surface area (Å²) in [6.07, 6.45) is 0.100. The molecule has 1 saturated heterocycles. The van der Waals surface area contributed by atoms with E-state index in [0.29, 0.717) is 35.2 Å². The fraction of sp³-hybridized carbons (Fsp3) is 0.167. The van der Waals surface area contributed by atoms with Crippen molar-refractivity contribution in [1.82, 2.24) is 0 Å². The summed E-state index contributed by atoms with van der Waals surface area (Å²) in [5.74, 6) is -1.03. The van der Waals surface area contributed by atoms with Crippen LogP contribution < -0.4 is 4.90 Å². The minimum atomic E-state index is -0.709. The van der Waals surface area contributed by atoms with Crippen molar-refractivity contribution in [2.75, 3.05) is 4.90 Å². The topological polar surface area (TPSA) is 81.0 Å². The SMILES string of the molecule is O=C1C(CC[C@H](O)c2ccccc2)C(c2ccc(-c3ccccc3O)c(O)c2)N1c1cccc(F)c1. The summed E-state index contributed by atoms with van der Waals surface area (Å²) in [6, 6.07) is 26.6. The fourth-order valence-corrected chi connectivity index (χ4v) is 4.97. The maximum Gasteiger partial charge on any atom is 0.233 e. The van der Waals surface area contributed by atoms with Crippen LogP contribution in [-0.2, 0) is 4.79 Å². The van der Waals surface area contributed by atoms with E-state index in [1.165, 1.54) is 17.0 Å². The monoisotopic (exact) mass is 483 g/mol. The molecule has 0 radical (unpaired) electrons. The molecule has 6 heteroatoms. The van der Waals surface area contributed by atoms with Crippen LogP contribution in [0.1, 0.15) is 36.1 Å². The molecule has 3 N–H and O–H groups in total. The molecule has 1 aliphatic rings. The zero-order chi connectivity index (χ0) is 25.2. The average molecular weight is 484 g/mol. The van der Waals surface area contributed by atoms with Gasteiger partial charge < -0.3 is 20.2 Å². The number of hydrogen-bond acceptors (Lipinski definition) is 4. The molecule has 0 saturated carbocycles. The molecule has 182 valence electrons. The van der Waals surface area contributed by atoms with Crippen molar-refractivity contribution < 1.29 is 24.5 Å². The number of rotatable bonds is 7. The molecular weight excluding hydrogens is 457 g/mol. The van der Waals surface area contributed by atoms with E-state index in [9.17, 15) is 24.5 Å². The van der Waals surface area contributed by atoms with E-state index in [1.807, 2.05) is 36.4 Å². The van der Waals surface area contributed by atoms with Gasteiger partial charge in [0.15, 0.2) is 0 Å². The van der Waals surface area contributed by atoms with Gasteiger partial charge in [-0.05, 0) is 54.3 Å². The molecule has 4 aromatic carbocycles. The Kier molecular flexibility index (Phi) is 6.44. The summed E-state index contributed by atoms with van der Waals surface area (Å²) in [6.45, 7) is 0. The van der Waals surface area contributed by atoms with E-state index < -0.39 is 23.9 Å². The number of amides is 1. The number of aromatic hydroxyl groups is 2. The van der Waals surface area contributed by atoms with Gasteiger partial charge in [0.1, 0.15) is 17.3 Å². The van der Waals surface area contributed by atoms with E-state index >= 15 is 0 Å². The van der Waals surface area contributed by atoms with Gasteiger partial charge >= 0.3 is 0 Å². The maximum atomic E-state index is 14.0. The number of halogens is 1. The van der Waals surface area contributed by atoms with Crippen LogP contribution in [0.15, 0.2) is 97.1 Å². The Balaban J connectivity index is 1.46. The quantitative estimate of drug-likeness (QED) is 0.277. The molecule has 0 aliphatic carbocycles. The summed E-state index contributed by atoms with van der Waals surface area (Å²) in [4.78, 5) is 14.8. The van der Waals surface area contributed by atoms with Crippen LogP contribution >= 0.6 is 0 Å². The second-order valence-electron chi connectivity index (χ2n) is 9.04. The summed E-state index contributed by atoms with van der Waals surface area (Å²) in [5.41, 5.74) is 2.88. The normalized spacial score (nSPS) is 18.1. The second kappa shape index (κ2) is 9.84. The Morgan fingerprint density at radius 3 is 2.25 bits per heavy atom. The Morgan fingerprint density at radius 1 is 0.806 bits per heavy atom. The Hall–Kier alpha value is -4.16. The summed E-state index contributed by atoms with van der Waals surface area (Å²) in [7, 11) is 0. The number of phenolic OH excluding ortho intramolecular Hbond substituents is 2. The lowest BCUT2D eigenvalue weighted by Crippen LogP contribution is -2.55. The highest BCUT2D eigenvalue weighted by Gasteiger charge is 2.48. The van der Waals surface area contributed by atoms with E-state index in [1.54, 1.807) is 48.5 Å². The lowest BCUT2D eigenvalue weighted by molar-refractivity contribution is -0.131. The van der Waals surface area contributed by atoms with Crippen LogP contribution in [0.3, 0.4) is 0 Å². The van der Waals surface area contributed by atoms with Crippen molar-refractivity contribution in [2.24, 2.45) is 5.92 Å². The molecule has 4 aromatic rings. The van der Waals surface area contributed by atoms with Gasteiger partial charge in [0.25, 0.3) is 0 Å². The molecule has 0 spiro atoms. The standard InChI is InChI=1S/C30H26FNO4/c31-21-9-6-10-22(18-21)32-29(25(30(32)36)15-16-26(33)19-7-2-1-3-8-19)20-13-14-24(28(35)17-20)23-11-4-5-12-27(23)34/h1-14,17-18,25-26,29,33-35H,15-16H2/t25?,26-,29?/m0/s1. The summed E-state index contributed by atoms with van der Waals surface area (Å²) in [5, 5.41) is 31.7. The zero-order valence-electron chi connectivity index (χ0n) is 19.5. The zero-order valence-corrected chi connectivity index (χ0v) is 19.5. The number of anilines is 1. The first-order valence-electron chi connectivity index (χ1n) is 11.9. The molecule has 1 aliphatic heterocycles. The Bertz CT molecular complexity index is 1390. The highest BCUT2D eigenvalue weighted by atomic mass is 19.1. The predicted octanol–water partition coefficient (Wildman–Crippen LogP) is 6.12. The van der Waals surface area contributed by atoms with Gasteiger partial charge in [-0.3, -0.25) is 4.79 Å². The first-order valence-corrected chi connectivity index (χ1v) is 11.9. The number of carbonyl (C=O) groups is 1. The first kappa shape index (κ1) is 23.6. The van der Waals surface area contributed by atoms with Gasteiger partial charge in [0.05, 0.1) is 18.1 Å². The molecule has 5 rings (SSSR count). The molecule has 1 amide bonds. The number of benzene rings is 4. The predicted molar refractivity (Wildman–Crippen MR) is 136 cm³/mol. The highest BCUT2D eigenvalue weighted by Crippen LogP contribution is 2.48. The van der Waals surface area contributed by atoms with Crippen LogP contribution in [-0.4, -0.2) is 21.2 Å². The van der Waals surface area contributed by atoms with Gasteiger partial charge in [-0.25, -0.2) is 4.39 Å². The molecular formula is C30H26FNO4. The Labute approximate surface area is 208 Å². The lowest BCUT2D eigenvalue weighted by Gasteiger charge is -2.48. The van der Waals surface area contributed by atoms with Crippen molar-refractivity contribution >= 4 is 11.6 Å². The minimum Gasteiger partial charge on any atom is -0.507 e. The first-order chi connectivity index (χ1) is 17.4. The van der Waals surface area contributed by atoms with Gasteiger partial charge in [-0.1, -0.05) is 66.7 Å². The number of para-hydroxylation sites is 1. The third-order valence-corrected chi connectivity index (χ3v) is 6.79. The van der Waals surface area contributed by atoms with Crippen LogP contribution in [0, 0.1) is 11.7 Å². The van der Waals surface area contributed by atoms with Crippen molar-refractivity contribution in [1.29, 1.82) is 0 Å². The van der Waals surface area contributed by atoms with E-state index in [4.69, 9.17) is 0 Å². The molecule has 0 bridgehead atoms. The molecule has 1 fully saturated rings. The van der Waals surface area contributed by atoms with Gasteiger partial charge in [0, 0.05) is 16.8 Å². The maximum absolute atomic E-state index is 14.0. The smallest absolute Gasteiger partial charge is 0.233 e. The minimum absolute atomic E-state index is 0.0318. The van der Waals surface area contributed by atoms with Gasteiger partial charge in [-0.2, -0.15) is 0 Å². The summed E-state index contributed by atoms with van der Waals surface area (Å²) < 4.78 is 14.0. The number of hydrogen-bond donors (Lipinski definition) is 3. The highest BCUT2D eigenvalue weighted by molar-refractivity contribution is 6.03. The number of β-lactam (4-membered cyclic amide) rings is 1. The molecule has 3 atom stereocenters. The average Bonchev–Trinajstić information content (AvgIpc) is 2.88. The van der Waals surface area contributed by atoms with Crippen molar-refractivity contribution in [2.45, 2.75) is 25.0 Å². The molecule has 2 unspecified atom stereocenters. The second-order valence-corrected chi connectivity index (χ2v) is 9.04. The van der Waals surface area contributed by atoms with Gasteiger partial charge in [-0.15, -0.1) is 0 Å². The Morgan fingerprint density at radius 2 is 1.53 bits per heavy atom. The van der Waals surface area contributed by atoms with E-state index in [2.05, 4.69) is 0 Å². The van der Waals surface area contributed by atoms with Crippen molar-refractivity contribution in [3.05, 3.63) is 114 Å². The van der Waals surface area contributed by atoms with E-state index in [0.717, 1.165) is 5.56 Å². The van der Waals surface area contributed by atoms with Crippen LogP contribution in [0.5, 0.6) is 11.5 Å². The fourth-order valence-electron chi connectivity index (χ4n) is 4.97. The molecule has 36 heavy (non-hydrogen) atoms. The third kappa shape index (κ3) is 4.43. The number of phenols is 2. The largest absolute Gasteiger partial charge is 0.507 e. The van der Waals surface area contributed by atoms with Crippen molar-refractivity contribution in [3.8, 4) is 22.6 Å². The van der Waals surface area contributed by atoms with Crippen LogP contribution in [0.25, 0.3) is 11.1 Å². The van der Waals surface area contributed by atoms with Crippen molar-refractivity contribution in [3.63, 3.8) is 0 Å². The molecule has 5 nitrogen and oxygen atoms in total. The van der Waals surface area contributed by atoms with Gasteiger partial charge in [0.2, 0.25) is 5.91 Å². The number of aliphatic hydroxyl groups excluding tert-OH is 1. The number of carbonyl (C=O) groups excluding carboxylic acids is 1. The number of nitrogens with zero attached hydrogens (tertiary/aromatic N) is 1. The van der Waals surface area contributed by atoms with E-state index in [-0.39, 0.29) is 17.4 Å². The molecule has 1 heterocycles. The van der Waals surface area contributed by atoms with Crippen LogP contribution in [0.2, 0.25) is 0 Å². The lowest BCUT2D eigenvalue weighted by atomic mass is 9.78. The van der Waals surface area contributed by atoms with Crippen LogP contribution in [0.4, 0.5) is 10.1 Å². The third-order valence-electron chi connectivity index (χ3n) is 6.79.